The van der Waals surface area contributed by atoms with Crippen LogP contribution >= 0.6 is 0 Å². The molecule has 1 spiro atoms. The van der Waals surface area contributed by atoms with E-state index in [-0.39, 0.29) is 35.1 Å². The van der Waals surface area contributed by atoms with Gasteiger partial charge in [0.2, 0.25) is 0 Å². The average Bonchev–Trinajstić information content (AvgIpc) is 2.94. The normalized spacial score (nSPS) is 41.2. The molecule has 134 valence electrons. The maximum atomic E-state index is 12.4. The van der Waals surface area contributed by atoms with Gasteiger partial charge >= 0.3 is 0 Å². The predicted octanol–water partition coefficient (Wildman–Crippen LogP) is 1.89. The number of piperidine rings is 1. The first-order chi connectivity index (χ1) is 12.0. The second-order valence-electron chi connectivity index (χ2n) is 8.29. The number of phenolic OH excluding ortho intramolecular Hbond substituents is 1. The number of likely N-dealkylation sites (tertiary alicyclic amines) is 1. The minimum Gasteiger partial charge on any atom is -0.504 e. The van der Waals surface area contributed by atoms with Crippen molar-refractivity contribution >= 4 is 5.78 Å². The molecule has 4 aliphatic rings. The summed E-state index contributed by atoms with van der Waals surface area (Å²) in [6.45, 7) is 2.68. The zero-order chi connectivity index (χ0) is 17.5. The number of carbonyl (C=O) groups excluding carboxylic acids is 1. The van der Waals surface area contributed by atoms with Gasteiger partial charge in [0, 0.05) is 30.0 Å². The fourth-order valence-electron chi connectivity index (χ4n) is 6.37. The Bertz CT molecular complexity index is 762. The molecule has 6 atom stereocenters. The standard InChI is InChI=1S/C20H25NO4/c1-10(22)12-9-13-14-8-11-4-5-15(23)18-16(11)20(13,6-7-21(14)2)19(25-18)17(12)24-3/h4-5,12-14,17,19,23H,6-9H2,1-3H3. The molecule has 5 heteroatoms. The van der Waals surface area contributed by atoms with Gasteiger partial charge in [0.1, 0.15) is 18.0 Å². The lowest BCUT2D eigenvalue weighted by molar-refractivity contribution is -0.154. The van der Waals surface area contributed by atoms with Gasteiger partial charge in [0.25, 0.3) is 0 Å². The Hall–Kier alpha value is -1.59. The Kier molecular flexibility index (Phi) is 3.12. The van der Waals surface area contributed by atoms with Crippen molar-refractivity contribution in [1.82, 2.24) is 4.90 Å². The molecule has 6 unspecified atom stereocenters. The van der Waals surface area contributed by atoms with E-state index in [2.05, 4.69) is 18.0 Å². The topological polar surface area (TPSA) is 59.0 Å². The predicted molar refractivity (Wildman–Crippen MR) is 92.0 cm³/mol. The minimum absolute atomic E-state index is 0.133. The van der Waals surface area contributed by atoms with Crippen molar-refractivity contribution in [3.8, 4) is 11.5 Å². The molecule has 1 aromatic rings. The number of methoxy groups -OCH3 is 1. The molecule has 1 N–H and O–H groups in total. The van der Waals surface area contributed by atoms with Crippen LogP contribution < -0.4 is 4.74 Å². The fourth-order valence-corrected chi connectivity index (χ4v) is 6.37. The van der Waals surface area contributed by atoms with E-state index < -0.39 is 0 Å². The number of ketones is 1. The number of rotatable bonds is 2. The number of nitrogens with zero attached hydrogens (tertiary/aromatic N) is 1. The summed E-state index contributed by atoms with van der Waals surface area (Å²) >= 11 is 0. The molecule has 5 rings (SSSR count). The first-order valence-electron chi connectivity index (χ1n) is 9.24. The zero-order valence-corrected chi connectivity index (χ0v) is 15.0. The number of hydrogen-bond donors (Lipinski definition) is 1. The van der Waals surface area contributed by atoms with Crippen molar-refractivity contribution < 1.29 is 19.4 Å². The number of Topliss-reactive ketones (excluding diaryl/α,β-unsaturated/α-hetero) is 1. The molecule has 2 fully saturated rings. The van der Waals surface area contributed by atoms with E-state index in [9.17, 15) is 9.90 Å². The lowest BCUT2D eigenvalue weighted by atomic mass is 9.49. The van der Waals surface area contributed by atoms with Gasteiger partial charge in [-0.2, -0.15) is 0 Å². The van der Waals surface area contributed by atoms with Crippen molar-refractivity contribution in [3.63, 3.8) is 0 Å². The summed E-state index contributed by atoms with van der Waals surface area (Å²) in [5, 5.41) is 10.4. The Morgan fingerprint density at radius 1 is 1.44 bits per heavy atom. The minimum atomic E-state index is -0.254. The van der Waals surface area contributed by atoms with E-state index in [0.717, 1.165) is 25.8 Å². The number of carbonyl (C=O) groups is 1. The summed E-state index contributed by atoms with van der Waals surface area (Å²) in [5.74, 6) is 1.26. The van der Waals surface area contributed by atoms with Gasteiger partial charge in [0.15, 0.2) is 11.5 Å². The van der Waals surface area contributed by atoms with Crippen LogP contribution in [0.1, 0.15) is 30.9 Å². The molecule has 0 amide bonds. The van der Waals surface area contributed by atoms with Crippen molar-refractivity contribution in [1.29, 1.82) is 0 Å². The zero-order valence-electron chi connectivity index (χ0n) is 15.0. The smallest absolute Gasteiger partial charge is 0.165 e. The van der Waals surface area contributed by atoms with Crippen LogP contribution in [-0.4, -0.2) is 54.7 Å². The van der Waals surface area contributed by atoms with Gasteiger partial charge in [-0.1, -0.05) is 6.07 Å². The lowest BCUT2D eigenvalue weighted by Gasteiger charge is -2.60. The van der Waals surface area contributed by atoms with Gasteiger partial charge in [-0.05, 0) is 57.3 Å². The highest BCUT2D eigenvalue weighted by Crippen LogP contribution is 2.64. The van der Waals surface area contributed by atoms with Crippen LogP contribution in [0, 0.1) is 11.8 Å². The highest BCUT2D eigenvalue weighted by atomic mass is 16.5. The van der Waals surface area contributed by atoms with Crippen LogP contribution in [-0.2, 0) is 21.4 Å². The number of aromatic hydroxyl groups is 1. The lowest BCUT2D eigenvalue weighted by Crippen LogP contribution is -2.68. The number of ether oxygens (including phenoxy) is 2. The third-order valence-electron chi connectivity index (χ3n) is 7.44. The quantitative estimate of drug-likeness (QED) is 0.889. The van der Waals surface area contributed by atoms with Crippen molar-refractivity contribution in [2.75, 3.05) is 20.7 Å². The number of hydrogen-bond acceptors (Lipinski definition) is 5. The second kappa shape index (κ2) is 4.98. The van der Waals surface area contributed by atoms with E-state index in [1.54, 1.807) is 20.1 Å². The Balaban J connectivity index is 1.76. The third-order valence-corrected chi connectivity index (χ3v) is 7.44. The molecule has 1 aromatic carbocycles. The van der Waals surface area contributed by atoms with E-state index in [0.29, 0.717) is 17.7 Å². The van der Waals surface area contributed by atoms with Crippen LogP contribution in [0.4, 0.5) is 0 Å². The maximum absolute atomic E-state index is 12.4. The Labute approximate surface area is 147 Å². The molecule has 1 saturated carbocycles. The fraction of sp³-hybridized carbons (Fsp3) is 0.650. The molecular weight excluding hydrogens is 318 g/mol. The van der Waals surface area contributed by atoms with Crippen molar-refractivity contribution in [3.05, 3.63) is 23.3 Å². The molecule has 0 aromatic heterocycles. The average molecular weight is 343 g/mol. The van der Waals surface area contributed by atoms with E-state index >= 15 is 0 Å². The Morgan fingerprint density at radius 3 is 2.96 bits per heavy atom. The highest BCUT2D eigenvalue weighted by Gasteiger charge is 2.67. The maximum Gasteiger partial charge on any atom is 0.165 e. The summed E-state index contributed by atoms with van der Waals surface area (Å²) in [5.41, 5.74) is 2.36. The molecule has 2 heterocycles. The van der Waals surface area contributed by atoms with Crippen LogP contribution in [0.15, 0.2) is 12.1 Å². The molecule has 2 aliphatic heterocycles. The highest BCUT2D eigenvalue weighted by molar-refractivity contribution is 5.80. The Morgan fingerprint density at radius 2 is 2.24 bits per heavy atom. The van der Waals surface area contributed by atoms with E-state index in [1.165, 1.54) is 11.1 Å². The summed E-state index contributed by atoms with van der Waals surface area (Å²) in [4.78, 5) is 14.8. The molecule has 25 heavy (non-hydrogen) atoms. The van der Waals surface area contributed by atoms with Gasteiger partial charge in [0.05, 0.1) is 0 Å². The van der Waals surface area contributed by atoms with E-state index in [1.807, 2.05) is 0 Å². The molecule has 2 bridgehead atoms. The van der Waals surface area contributed by atoms with Crippen LogP contribution in [0.3, 0.4) is 0 Å². The van der Waals surface area contributed by atoms with Gasteiger partial charge < -0.3 is 19.5 Å². The summed E-state index contributed by atoms with van der Waals surface area (Å²) in [7, 11) is 3.87. The second-order valence-corrected chi connectivity index (χ2v) is 8.29. The molecule has 0 radical (unpaired) electrons. The molecular formula is C20H25NO4. The van der Waals surface area contributed by atoms with Gasteiger partial charge in [-0.25, -0.2) is 0 Å². The number of benzene rings is 1. The third kappa shape index (κ3) is 1.73. The summed E-state index contributed by atoms with van der Waals surface area (Å²) in [6.07, 6.45) is 2.35. The van der Waals surface area contributed by atoms with Crippen LogP contribution in [0.5, 0.6) is 11.5 Å². The molecule has 1 saturated heterocycles. The van der Waals surface area contributed by atoms with Crippen LogP contribution in [0.2, 0.25) is 0 Å². The first-order valence-corrected chi connectivity index (χ1v) is 9.24. The van der Waals surface area contributed by atoms with Gasteiger partial charge in [-0.15, -0.1) is 0 Å². The first kappa shape index (κ1) is 15.6. The van der Waals surface area contributed by atoms with Gasteiger partial charge in [-0.3, -0.25) is 4.79 Å². The monoisotopic (exact) mass is 343 g/mol. The number of likely N-dealkylation sites (N-methyl/N-ethyl adjacent to an activating group) is 1. The van der Waals surface area contributed by atoms with E-state index in [4.69, 9.17) is 9.47 Å². The summed E-state index contributed by atoms with van der Waals surface area (Å²) < 4.78 is 12.2. The summed E-state index contributed by atoms with van der Waals surface area (Å²) in [6, 6.07) is 4.23. The number of phenols is 1. The SMILES string of the molecule is COC1C(C(C)=O)CC2C3Cc4ccc(O)c5c4C2(CCN3C)C1O5. The van der Waals surface area contributed by atoms with Crippen LogP contribution in [0.25, 0.3) is 0 Å². The molecule has 5 nitrogen and oxygen atoms in total. The molecule has 2 aliphatic carbocycles. The largest absolute Gasteiger partial charge is 0.504 e. The van der Waals surface area contributed by atoms with Crippen molar-refractivity contribution in [2.24, 2.45) is 11.8 Å². The van der Waals surface area contributed by atoms with Crippen molar-refractivity contribution in [2.45, 2.75) is 49.9 Å².